The average Bonchev–Trinajstić information content (AvgIpc) is 2.44. The van der Waals surface area contributed by atoms with Crippen molar-refractivity contribution in [3.05, 3.63) is 29.6 Å². The lowest BCUT2D eigenvalue weighted by Crippen LogP contribution is -2.04. The summed E-state index contributed by atoms with van der Waals surface area (Å²) in [4.78, 5) is 4.37. The molecule has 0 spiro atoms. The first-order chi connectivity index (χ1) is 7.25. The van der Waals surface area contributed by atoms with Crippen LogP contribution in [-0.2, 0) is 0 Å². The van der Waals surface area contributed by atoms with E-state index in [4.69, 9.17) is 11.6 Å². The van der Waals surface area contributed by atoms with E-state index >= 15 is 0 Å². The van der Waals surface area contributed by atoms with E-state index < -0.39 is 0 Å². The van der Waals surface area contributed by atoms with Crippen LogP contribution >= 0.6 is 11.6 Å². The molecule has 1 fully saturated rings. The quantitative estimate of drug-likeness (QED) is 0.517. The molecule has 0 N–H and O–H groups in total. The molecule has 2 unspecified atom stereocenters. The molecule has 0 aromatic carbocycles. The van der Waals surface area contributed by atoms with Crippen LogP contribution in [0.5, 0.6) is 0 Å². The van der Waals surface area contributed by atoms with Gasteiger partial charge in [-0.3, -0.25) is 4.98 Å². The first-order valence-corrected chi connectivity index (χ1v) is 6.26. The Bertz CT molecular complexity index is 307. The molecule has 0 aliphatic heterocycles. The van der Waals surface area contributed by atoms with E-state index in [9.17, 15) is 0 Å². The first-order valence-electron chi connectivity index (χ1n) is 5.82. The molecule has 2 heteroatoms. The van der Waals surface area contributed by atoms with Gasteiger partial charge in [0.2, 0.25) is 0 Å². The Morgan fingerprint density at radius 2 is 2.07 bits per heavy atom. The van der Waals surface area contributed by atoms with Gasteiger partial charge in [0, 0.05) is 17.3 Å². The normalized spacial score (nSPS) is 27.3. The molecule has 1 aliphatic rings. The summed E-state index contributed by atoms with van der Waals surface area (Å²) in [7, 11) is 0. The monoisotopic (exact) mass is 223 g/mol. The number of aryl methyl sites for hydroxylation is 1. The Balaban J connectivity index is 2.11. The van der Waals surface area contributed by atoms with E-state index in [1.54, 1.807) is 0 Å². The average molecular weight is 224 g/mol. The van der Waals surface area contributed by atoms with Gasteiger partial charge in [-0.25, -0.2) is 0 Å². The lowest BCUT2D eigenvalue weighted by Gasteiger charge is -2.16. The second-order valence-electron chi connectivity index (χ2n) is 4.55. The molecule has 0 saturated heterocycles. The Morgan fingerprint density at radius 1 is 1.27 bits per heavy atom. The molecule has 0 bridgehead atoms. The summed E-state index contributed by atoms with van der Waals surface area (Å²) in [6.07, 6.45) is 8.18. The van der Waals surface area contributed by atoms with Gasteiger partial charge in [0.25, 0.3) is 0 Å². The SMILES string of the molecule is Cc1ccc(C2CCCCC(Cl)C2)cn1. The summed E-state index contributed by atoms with van der Waals surface area (Å²) < 4.78 is 0. The zero-order valence-corrected chi connectivity index (χ0v) is 10.0. The topological polar surface area (TPSA) is 12.9 Å². The highest BCUT2D eigenvalue weighted by Gasteiger charge is 2.19. The van der Waals surface area contributed by atoms with Crippen molar-refractivity contribution in [1.29, 1.82) is 0 Å². The standard InChI is InChI=1S/C13H18ClN/c1-10-6-7-12(9-15-10)11-4-2-3-5-13(14)8-11/h6-7,9,11,13H,2-5,8H2,1H3. The largest absolute Gasteiger partial charge is 0.261 e. The summed E-state index contributed by atoms with van der Waals surface area (Å²) >= 11 is 6.28. The Labute approximate surface area is 96.9 Å². The predicted octanol–water partition coefficient (Wildman–Crippen LogP) is 4.05. The zero-order valence-electron chi connectivity index (χ0n) is 9.25. The van der Waals surface area contributed by atoms with Crippen LogP contribution in [0.15, 0.2) is 18.3 Å². The van der Waals surface area contributed by atoms with Gasteiger partial charge in [-0.2, -0.15) is 0 Å². The molecule has 1 heterocycles. The van der Waals surface area contributed by atoms with Gasteiger partial charge in [0.1, 0.15) is 0 Å². The van der Waals surface area contributed by atoms with Crippen LogP contribution in [0.2, 0.25) is 0 Å². The minimum Gasteiger partial charge on any atom is -0.261 e. The maximum Gasteiger partial charge on any atom is 0.0372 e. The van der Waals surface area contributed by atoms with Gasteiger partial charge in [-0.05, 0) is 43.7 Å². The third-order valence-electron chi connectivity index (χ3n) is 3.27. The van der Waals surface area contributed by atoms with E-state index in [-0.39, 0.29) is 0 Å². The molecule has 1 nitrogen and oxygen atoms in total. The highest BCUT2D eigenvalue weighted by atomic mass is 35.5. The third-order valence-corrected chi connectivity index (χ3v) is 3.66. The van der Waals surface area contributed by atoms with Crippen molar-refractivity contribution in [3.63, 3.8) is 0 Å². The van der Waals surface area contributed by atoms with Crippen molar-refractivity contribution in [2.45, 2.75) is 50.3 Å². The van der Waals surface area contributed by atoms with Crippen molar-refractivity contribution in [2.24, 2.45) is 0 Å². The molecule has 15 heavy (non-hydrogen) atoms. The second-order valence-corrected chi connectivity index (χ2v) is 5.16. The summed E-state index contributed by atoms with van der Waals surface area (Å²) in [5.74, 6) is 0.628. The number of halogens is 1. The summed E-state index contributed by atoms with van der Waals surface area (Å²) in [5, 5.41) is 0.360. The summed E-state index contributed by atoms with van der Waals surface area (Å²) in [6.45, 7) is 2.03. The Hall–Kier alpha value is -0.560. The summed E-state index contributed by atoms with van der Waals surface area (Å²) in [5.41, 5.74) is 2.46. The van der Waals surface area contributed by atoms with Crippen molar-refractivity contribution < 1.29 is 0 Å². The van der Waals surface area contributed by atoms with Crippen LogP contribution in [0, 0.1) is 6.92 Å². The van der Waals surface area contributed by atoms with Gasteiger partial charge in [-0.15, -0.1) is 11.6 Å². The maximum atomic E-state index is 6.28. The van der Waals surface area contributed by atoms with Crippen molar-refractivity contribution in [2.75, 3.05) is 0 Å². The third kappa shape index (κ3) is 2.94. The molecule has 0 radical (unpaired) electrons. The minimum absolute atomic E-state index is 0.360. The molecular weight excluding hydrogens is 206 g/mol. The van der Waals surface area contributed by atoms with Crippen molar-refractivity contribution in [3.8, 4) is 0 Å². The van der Waals surface area contributed by atoms with Crippen LogP contribution < -0.4 is 0 Å². The van der Waals surface area contributed by atoms with Crippen LogP contribution in [0.25, 0.3) is 0 Å². The van der Waals surface area contributed by atoms with Crippen LogP contribution in [0.4, 0.5) is 0 Å². The highest BCUT2D eigenvalue weighted by molar-refractivity contribution is 6.20. The molecule has 1 aromatic rings. The molecular formula is C13H18ClN. The number of aromatic nitrogens is 1. The van der Waals surface area contributed by atoms with E-state index in [1.165, 1.54) is 31.2 Å². The molecule has 0 amide bonds. The molecule has 1 aromatic heterocycles. The molecule has 1 aliphatic carbocycles. The Kier molecular flexibility index (Phi) is 3.63. The molecule has 1 saturated carbocycles. The number of nitrogens with zero attached hydrogens (tertiary/aromatic N) is 1. The smallest absolute Gasteiger partial charge is 0.0372 e. The fraction of sp³-hybridized carbons (Fsp3) is 0.615. The Morgan fingerprint density at radius 3 is 2.80 bits per heavy atom. The second kappa shape index (κ2) is 4.98. The van der Waals surface area contributed by atoms with Crippen molar-refractivity contribution >= 4 is 11.6 Å². The number of hydrogen-bond acceptors (Lipinski definition) is 1. The molecule has 2 atom stereocenters. The van der Waals surface area contributed by atoms with Gasteiger partial charge >= 0.3 is 0 Å². The maximum absolute atomic E-state index is 6.28. The van der Waals surface area contributed by atoms with Crippen LogP contribution in [-0.4, -0.2) is 10.4 Å². The first kappa shape index (κ1) is 10.9. The van der Waals surface area contributed by atoms with Crippen LogP contribution in [0.1, 0.15) is 49.3 Å². The number of pyridine rings is 1. The number of rotatable bonds is 1. The lowest BCUT2D eigenvalue weighted by molar-refractivity contribution is 0.593. The van der Waals surface area contributed by atoms with E-state index in [2.05, 4.69) is 17.1 Å². The summed E-state index contributed by atoms with van der Waals surface area (Å²) in [6, 6.07) is 4.31. The van der Waals surface area contributed by atoms with Gasteiger partial charge in [0.15, 0.2) is 0 Å². The van der Waals surface area contributed by atoms with E-state index in [1.807, 2.05) is 13.1 Å². The van der Waals surface area contributed by atoms with E-state index in [0.29, 0.717) is 11.3 Å². The van der Waals surface area contributed by atoms with Crippen molar-refractivity contribution in [1.82, 2.24) is 4.98 Å². The zero-order chi connectivity index (χ0) is 10.7. The fourth-order valence-corrected chi connectivity index (χ4v) is 2.69. The van der Waals surface area contributed by atoms with Crippen LogP contribution in [0.3, 0.4) is 0 Å². The van der Waals surface area contributed by atoms with Gasteiger partial charge < -0.3 is 0 Å². The number of alkyl halides is 1. The highest BCUT2D eigenvalue weighted by Crippen LogP contribution is 2.33. The predicted molar refractivity (Wildman–Crippen MR) is 64.4 cm³/mol. The fourth-order valence-electron chi connectivity index (χ4n) is 2.32. The lowest BCUT2D eigenvalue weighted by atomic mass is 9.93. The molecule has 2 rings (SSSR count). The van der Waals surface area contributed by atoms with Gasteiger partial charge in [-0.1, -0.05) is 18.9 Å². The minimum atomic E-state index is 0.360. The van der Waals surface area contributed by atoms with Gasteiger partial charge in [0.05, 0.1) is 0 Å². The van der Waals surface area contributed by atoms with E-state index in [0.717, 1.165) is 12.1 Å². The molecule has 82 valence electrons. The number of hydrogen-bond donors (Lipinski definition) is 0.